The normalized spacial score (nSPS) is 31.1. The highest BCUT2D eigenvalue weighted by molar-refractivity contribution is 6.71. The SMILES string of the molecule is CCCC1(OC)C(N)(c2ccccc2)CCC[Si]1(OC)OC. The van der Waals surface area contributed by atoms with Gasteiger partial charge in [-0.15, -0.1) is 0 Å². The number of nitrogens with two attached hydrogens (primary N) is 1. The van der Waals surface area contributed by atoms with E-state index in [4.69, 9.17) is 19.3 Å². The molecule has 2 rings (SSSR count). The minimum absolute atomic E-state index is 0.585. The molecule has 0 saturated carbocycles. The van der Waals surface area contributed by atoms with Crippen LogP contribution in [0.3, 0.4) is 0 Å². The fraction of sp³-hybridized carbons (Fsp3) is 0.647. The van der Waals surface area contributed by atoms with Crippen LogP contribution in [0.4, 0.5) is 0 Å². The number of hydrogen-bond acceptors (Lipinski definition) is 4. The predicted molar refractivity (Wildman–Crippen MR) is 90.8 cm³/mol. The summed E-state index contributed by atoms with van der Waals surface area (Å²) in [5.74, 6) is 0. The molecule has 5 heteroatoms. The summed E-state index contributed by atoms with van der Waals surface area (Å²) in [5, 5.41) is -0.585. The van der Waals surface area contributed by atoms with E-state index in [2.05, 4.69) is 19.1 Å². The molecule has 22 heavy (non-hydrogen) atoms. The van der Waals surface area contributed by atoms with Crippen molar-refractivity contribution in [3.8, 4) is 0 Å². The predicted octanol–water partition coefficient (Wildman–Crippen LogP) is 3.09. The van der Waals surface area contributed by atoms with E-state index in [1.54, 1.807) is 21.3 Å². The number of rotatable bonds is 6. The van der Waals surface area contributed by atoms with E-state index in [0.717, 1.165) is 37.3 Å². The zero-order chi connectivity index (χ0) is 16.3. The van der Waals surface area contributed by atoms with Crippen molar-refractivity contribution in [3.63, 3.8) is 0 Å². The molecule has 1 saturated heterocycles. The Hall–Kier alpha value is -0.723. The molecule has 1 aromatic rings. The highest BCUT2D eigenvalue weighted by atomic mass is 28.4. The minimum Gasteiger partial charge on any atom is -0.396 e. The molecule has 1 aliphatic heterocycles. The molecule has 0 aliphatic carbocycles. The van der Waals surface area contributed by atoms with Crippen LogP contribution in [0.2, 0.25) is 6.04 Å². The molecule has 2 atom stereocenters. The van der Waals surface area contributed by atoms with E-state index in [9.17, 15) is 0 Å². The third kappa shape index (κ3) is 2.36. The molecule has 0 spiro atoms. The van der Waals surface area contributed by atoms with Crippen LogP contribution in [0.15, 0.2) is 30.3 Å². The van der Waals surface area contributed by atoms with Gasteiger partial charge in [-0.1, -0.05) is 43.7 Å². The standard InChI is InChI=1S/C17H29NO3Si/c1-5-12-17(19-2)16(18,15-10-7-6-8-11-15)13-9-14-22(17,20-3)21-4/h6-8,10-11H,5,9,12-14,18H2,1-4H3. The Morgan fingerprint density at radius 3 is 2.27 bits per heavy atom. The lowest BCUT2D eigenvalue weighted by Crippen LogP contribution is -2.77. The van der Waals surface area contributed by atoms with Gasteiger partial charge in [0, 0.05) is 21.3 Å². The molecule has 1 aliphatic rings. The maximum absolute atomic E-state index is 7.03. The summed E-state index contributed by atoms with van der Waals surface area (Å²) >= 11 is 0. The maximum Gasteiger partial charge on any atom is 0.373 e. The first-order valence-electron chi connectivity index (χ1n) is 8.05. The summed E-state index contributed by atoms with van der Waals surface area (Å²) in [5.41, 5.74) is 7.55. The molecule has 1 fully saturated rings. The topological polar surface area (TPSA) is 53.7 Å². The summed E-state index contributed by atoms with van der Waals surface area (Å²) in [4.78, 5) is 0. The second-order valence-corrected chi connectivity index (χ2v) is 9.76. The first-order valence-corrected chi connectivity index (χ1v) is 10.1. The fourth-order valence-electron chi connectivity index (χ4n) is 4.28. The van der Waals surface area contributed by atoms with Gasteiger partial charge in [0.1, 0.15) is 5.22 Å². The molecule has 1 aromatic carbocycles. The van der Waals surface area contributed by atoms with Gasteiger partial charge in [-0.3, -0.25) is 0 Å². The molecular weight excluding hydrogens is 294 g/mol. The van der Waals surface area contributed by atoms with Crippen molar-refractivity contribution in [2.45, 2.75) is 49.4 Å². The summed E-state index contributed by atoms with van der Waals surface area (Å²) in [6.45, 7) is 2.16. The van der Waals surface area contributed by atoms with E-state index in [1.165, 1.54) is 0 Å². The summed E-state index contributed by atoms with van der Waals surface area (Å²) in [6, 6.07) is 11.2. The molecule has 2 unspecified atom stereocenters. The summed E-state index contributed by atoms with van der Waals surface area (Å²) in [6.07, 6.45) is 3.68. The highest BCUT2D eigenvalue weighted by Gasteiger charge is 2.68. The molecule has 4 nitrogen and oxygen atoms in total. The molecule has 124 valence electrons. The average Bonchev–Trinajstić information content (AvgIpc) is 2.57. The van der Waals surface area contributed by atoms with Gasteiger partial charge in [-0.25, -0.2) is 0 Å². The zero-order valence-corrected chi connectivity index (χ0v) is 15.2. The van der Waals surface area contributed by atoms with Crippen LogP contribution in [-0.2, 0) is 19.1 Å². The van der Waals surface area contributed by atoms with Crippen molar-refractivity contribution in [3.05, 3.63) is 35.9 Å². The largest absolute Gasteiger partial charge is 0.396 e. The van der Waals surface area contributed by atoms with Gasteiger partial charge >= 0.3 is 8.56 Å². The van der Waals surface area contributed by atoms with E-state index in [0.29, 0.717) is 0 Å². The lowest BCUT2D eigenvalue weighted by molar-refractivity contribution is -0.0699. The van der Waals surface area contributed by atoms with E-state index in [-0.39, 0.29) is 0 Å². The fourth-order valence-corrected chi connectivity index (χ4v) is 8.45. The van der Waals surface area contributed by atoms with Crippen molar-refractivity contribution in [1.82, 2.24) is 0 Å². The monoisotopic (exact) mass is 323 g/mol. The molecule has 0 radical (unpaired) electrons. The summed E-state index contributed by atoms with van der Waals surface area (Å²) in [7, 11) is 2.65. The van der Waals surface area contributed by atoms with Crippen molar-refractivity contribution in [1.29, 1.82) is 0 Å². The smallest absolute Gasteiger partial charge is 0.373 e. The number of methoxy groups -OCH3 is 1. The quantitative estimate of drug-likeness (QED) is 0.817. The molecular formula is C17H29NO3Si. The van der Waals surface area contributed by atoms with Crippen LogP contribution in [0.5, 0.6) is 0 Å². The zero-order valence-electron chi connectivity index (χ0n) is 14.2. The van der Waals surface area contributed by atoms with Crippen LogP contribution >= 0.6 is 0 Å². The van der Waals surface area contributed by atoms with E-state index < -0.39 is 19.3 Å². The van der Waals surface area contributed by atoms with Crippen molar-refractivity contribution >= 4 is 8.56 Å². The molecule has 1 heterocycles. The third-order valence-corrected chi connectivity index (χ3v) is 9.77. The Kier molecular flexibility index (Phi) is 5.45. The lowest BCUT2D eigenvalue weighted by atomic mass is 9.78. The van der Waals surface area contributed by atoms with Gasteiger partial charge in [-0.05, 0) is 30.9 Å². The van der Waals surface area contributed by atoms with Crippen LogP contribution in [0.25, 0.3) is 0 Å². The van der Waals surface area contributed by atoms with Crippen LogP contribution in [0.1, 0.15) is 38.2 Å². The molecule has 0 bridgehead atoms. The number of hydrogen-bond donors (Lipinski definition) is 1. The Morgan fingerprint density at radius 1 is 1.14 bits per heavy atom. The first-order chi connectivity index (χ1) is 10.6. The highest BCUT2D eigenvalue weighted by Crippen LogP contribution is 2.52. The third-order valence-electron chi connectivity index (χ3n) is 5.31. The van der Waals surface area contributed by atoms with E-state index in [1.807, 2.05) is 18.2 Å². The summed E-state index contributed by atoms with van der Waals surface area (Å²) < 4.78 is 18.2. The lowest BCUT2D eigenvalue weighted by Gasteiger charge is -2.57. The van der Waals surface area contributed by atoms with Crippen molar-refractivity contribution < 1.29 is 13.6 Å². The van der Waals surface area contributed by atoms with Crippen LogP contribution < -0.4 is 5.73 Å². The Morgan fingerprint density at radius 2 is 1.77 bits per heavy atom. The molecule has 0 amide bonds. The molecule has 0 aromatic heterocycles. The maximum atomic E-state index is 7.03. The average molecular weight is 324 g/mol. The van der Waals surface area contributed by atoms with E-state index >= 15 is 0 Å². The van der Waals surface area contributed by atoms with Gasteiger partial charge in [0.25, 0.3) is 0 Å². The number of benzene rings is 1. The van der Waals surface area contributed by atoms with Gasteiger partial charge in [0.15, 0.2) is 0 Å². The van der Waals surface area contributed by atoms with Gasteiger partial charge in [0.05, 0.1) is 5.54 Å². The van der Waals surface area contributed by atoms with Crippen molar-refractivity contribution in [2.75, 3.05) is 21.3 Å². The van der Waals surface area contributed by atoms with Crippen LogP contribution in [0, 0.1) is 0 Å². The Bertz CT molecular complexity index is 480. The first kappa shape index (κ1) is 17.6. The van der Waals surface area contributed by atoms with Gasteiger partial charge in [-0.2, -0.15) is 0 Å². The van der Waals surface area contributed by atoms with Crippen LogP contribution in [-0.4, -0.2) is 35.1 Å². The second kappa shape index (κ2) is 6.80. The number of ether oxygens (including phenoxy) is 1. The van der Waals surface area contributed by atoms with Gasteiger partial charge in [0.2, 0.25) is 0 Å². The Labute approximate surface area is 135 Å². The van der Waals surface area contributed by atoms with Crippen molar-refractivity contribution in [2.24, 2.45) is 5.73 Å². The minimum atomic E-state index is -2.60. The second-order valence-electron chi connectivity index (χ2n) is 6.13. The Balaban J connectivity index is 2.65. The van der Waals surface area contributed by atoms with Gasteiger partial charge < -0.3 is 19.3 Å². The molecule has 2 N–H and O–H groups in total.